The molecule has 0 spiro atoms. The van der Waals surface area contributed by atoms with Gasteiger partial charge in [0.05, 0.1) is 23.3 Å². The van der Waals surface area contributed by atoms with Crippen LogP contribution in [0.1, 0.15) is 18.4 Å². The number of thioether (sulfide) groups is 1. The first-order valence-electron chi connectivity index (χ1n) is 6.13. The van der Waals surface area contributed by atoms with Crippen molar-refractivity contribution in [2.45, 2.75) is 18.9 Å². The number of ether oxygens (including phenoxy) is 1. The molecule has 4 nitrogen and oxygen atoms in total. The Hall–Kier alpha value is -1.01. The van der Waals surface area contributed by atoms with Gasteiger partial charge >= 0.3 is 0 Å². The summed E-state index contributed by atoms with van der Waals surface area (Å²) in [7, 11) is 1.66. The van der Waals surface area contributed by atoms with Gasteiger partial charge in [0, 0.05) is 5.75 Å². The fraction of sp³-hybridized carbons (Fsp3) is 0.385. The lowest BCUT2D eigenvalue weighted by molar-refractivity contribution is 0.412. The molecule has 1 aliphatic heterocycles. The molecule has 1 N–H and O–H groups in total. The minimum atomic E-state index is 0.530. The molecule has 1 aromatic carbocycles. The summed E-state index contributed by atoms with van der Waals surface area (Å²) in [5.74, 6) is 1.67. The molecule has 0 radical (unpaired) electrons. The molecule has 1 aliphatic carbocycles. The molecule has 0 saturated heterocycles. The number of nitrogens with zero attached hydrogens (tertiary/aromatic N) is 2. The second-order valence-corrected chi connectivity index (χ2v) is 6.29. The maximum absolute atomic E-state index is 5.23. The van der Waals surface area contributed by atoms with Gasteiger partial charge in [0.2, 0.25) is 0 Å². The number of nitrogens with one attached hydrogen (secondary N) is 1. The Kier molecular flexibility index (Phi) is 3.79. The number of amidine groups is 1. The first-order chi connectivity index (χ1) is 9.26. The highest BCUT2D eigenvalue weighted by molar-refractivity contribution is 9.10. The predicted molar refractivity (Wildman–Crippen MR) is 83.3 cm³/mol. The van der Waals surface area contributed by atoms with E-state index < -0.39 is 0 Å². The van der Waals surface area contributed by atoms with E-state index in [-0.39, 0.29) is 0 Å². The SMILES string of the molecule is COc1ccc(C2=NNC(=NC3CC3)SC2)cc1Br. The Balaban J connectivity index is 1.76. The average Bonchev–Trinajstić information content (AvgIpc) is 3.23. The van der Waals surface area contributed by atoms with Gasteiger partial charge in [0.25, 0.3) is 0 Å². The van der Waals surface area contributed by atoms with Gasteiger partial charge in [-0.15, -0.1) is 0 Å². The Labute approximate surface area is 124 Å². The van der Waals surface area contributed by atoms with Crippen LogP contribution in [0.2, 0.25) is 0 Å². The number of halogens is 1. The van der Waals surface area contributed by atoms with Crippen LogP contribution >= 0.6 is 27.7 Å². The van der Waals surface area contributed by atoms with Crippen LogP contribution in [0.4, 0.5) is 0 Å². The van der Waals surface area contributed by atoms with E-state index in [9.17, 15) is 0 Å². The van der Waals surface area contributed by atoms with Gasteiger partial charge in [-0.3, -0.25) is 10.4 Å². The average molecular weight is 340 g/mol. The van der Waals surface area contributed by atoms with E-state index in [0.29, 0.717) is 6.04 Å². The number of rotatable bonds is 3. The van der Waals surface area contributed by atoms with Crippen molar-refractivity contribution in [1.29, 1.82) is 0 Å². The molecular formula is C13H14BrN3OS. The molecule has 1 aromatic rings. The lowest BCUT2D eigenvalue weighted by atomic mass is 10.1. The monoisotopic (exact) mass is 339 g/mol. The van der Waals surface area contributed by atoms with Gasteiger partial charge in [-0.25, -0.2) is 0 Å². The summed E-state index contributed by atoms with van der Waals surface area (Å²) in [4.78, 5) is 4.55. The zero-order chi connectivity index (χ0) is 13.2. The summed E-state index contributed by atoms with van der Waals surface area (Å²) in [6.45, 7) is 0. The van der Waals surface area contributed by atoms with Gasteiger partial charge < -0.3 is 4.74 Å². The van der Waals surface area contributed by atoms with Crippen molar-refractivity contribution in [3.63, 3.8) is 0 Å². The highest BCUT2D eigenvalue weighted by Gasteiger charge is 2.22. The van der Waals surface area contributed by atoms with E-state index in [1.807, 2.05) is 18.2 Å². The van der Waals surface area contributed by atoms with E-state index >= 15 is 0 Å². The van der Waals surface area contributed by atoms with Crippen LogP contribution in [0.15, 0.2) is 32.8 Å². The topological polar surface area (TPSA) is 46.0 Å². The van der Waals surface area contributed by atoms with Crippen LogP contribution in [-0.2, 0) is 0 Å². The predicted octanol–water partition coefficient (Wildman–Crippen LogP) is 3.02. The highest BCUT2D eigenvalue weighted by atomic mass is 79.9. The largest absolute Gasteiger partial charge is 0.496 e. The van der Waals surface area contributed by atoms with Crippen LogP contribution < -0.4 is 10.2 Å². The van der Waals surface area contributed by atoms with E-state index in [2.05, 4.69) is 31.4 Å². The minimum absolute atomic E-state index is 0.530. The van der Waals surface area contributed by atoms with Crippen molar-refractivity contribution in [1.82, 2.24) is 5.43 Å². The van der Waals surface area contributed by atoms with E-state index in [4.69, 9.17) is 4.74 Å². The molecule has 0 aromatic heterocycles. The molecule has 0 amide bonds. The van der Waals surface area contributed by atoms with Gasteiger partial charge in [-0.1, -0.05) is 11.8 Å². The first-order valence-corrected chi connectivity index (χ1v) is 7.91. The third-order valence-corrected chi connectivity index (χ3v) is 4.47. The number of hydrogen-bond donors (Lipinski definition) is 1. The number of aliphatic imine (C=N–C) groups is 1. The van der Waals surface area contributed by atoms with Crippen molar-refractivity contribution < 1.29 is 4.74 Å². The second kappa shape index (κ2) is 5.54. The fourth-order valence-corrected chi connectivity index (χ4v) is 3.13. The van der Waals surface area contributed by atoms with Crippen molar-refractivity contribution in [2.75, 3.05) is 12.9 Å². The third-order valence-electron chi connectivity index (χ3n) is 2.96. The molecule has 1 fully saturated rings. The molecule has 6 heteroatoms. The summed E-state index contributed by atoms with van der Waals surface area (Å²) < 4.78 is 6.17. The van der Waals surface area contributed by atoms with Crippen LogP contribution in [0.5, 0.6) is 5.75 Å². The minimum Gasteiger partial charge on any atom is -0.496 e. The van der Waals surface area contributed by atoms with Crippen molar-refractivity contribution in [2.24, 2.45) is 10.1 Å². The van der Waals surface area contributed by atoms with Crippen LogP contribution in [-0.4, -0.2) is 29.8 Å². The van der Waals surface area contributed by atoms with E-state index in [0.717, 1.165) is 32.4 Å². The lowest BCUT2D eigenvalue weighted by Gasteiger charge is -2.15. The summed E-state index contributed by atoms with van der Waals surface area (Å²) in [6.07, 6.45) is 2.43. The molecule has 2 aliphatic rings. The van der Waals surface area contributed by atoms with Crippen LogP contribution in [0.25, 0.3) is 0 Å². The quantitative estimate of drug-likeness (QED) is 0.920. The number of benzene rings is 1. The van der Waals surface area contributed by atoms with E-state index in [1.165, 1.54) is 12.8 Å². The summed E-state index contributed by atoms with van der Waals surface area (Å²) in [6, 6.07) is 6.53. The maximum Gasteiger partial charge on any atom is 0.177 e. The van der Waals surface area contributed by atoms with Crippen molar-refractivity contribution in [3.05, 3.63) is 28.2 Å². The zero-order valence-electron chi connectivity index (χ0n) is 10.5. The third kappa shape index (κ3) is 3.12. The maximum atomic E-state index is 5.23. The number of methoxy groups -OCH3 is 1. The lowest BCUT2D eigenvalue weighted by Crippen LogP contribution is -2.25. The summed E-state index contributed by atoms with van der Waals surface area (Å²) in [5, 5.41) is 5.36. The molecule has 0 atom stereocenters. The van der Waals surface area contributed by atoms with Crippen LogP contribution in [0.3, 0.4) is 0 Å². The van der Waals surface area contributed by atoms with Crippen molar-refractivity contribution >= 4 is 38.6 Å². The Morgan fingerprint density at radius 1 is 1.47 bits per heavy atom. The molecule has 3 rings (SSSR count). The smallest absolute Gasteiger partial charge is 0.177 e. The van der Waals surface area contributed by atoms with Gasteiger partial charge in [-0.2, -0.15) is 5.10 Å². The zero-order valence-corrected chi connectivity index (χ0v) is 12.9. The van der Waals surface area contributed by atoms with Crippen molar-refractivity contribution in [3.8, 4) is 5.75 Å². The van der Waals surface area contributed by atoms with Crippen LogP contribution in [0, 0.1) is 0 Å². The molecular weight excluding hydrogens is 326 g/mol. The standard InChI is InChI=1S/C13H14BrN3OS/c1-18-12-5-2-8(6-10(12)14)11-7-19-13(17-16-11)15-9-3-4-9/h2,5-6,9H,3-4,7H2,1H3,(H,15,17). The Bertz CT molecular complexity index is 555. The van der Waals surface area contributed by atoms with Gasteiger partial charge in [-0.05, 0) is 52.5 Å². The first kappa shape index (κ1) is 13.0. The Morgan fingerprint density at radius 3 is 2.89 bits per heavy atom. The molecule has 100 valence electrons. The summed E-state index contributed by atoms with van der Waals surface area (Å²) >= 11 is 5.21. The number of hydrogen-bond acceptors (Lipinski definition) is 4. The normalized spacial score (nSPS) is 20.9. The molecule has 1 heterocycles. The Morgan fingerprint density at radius 2 is 2.32 bits per heavy atom. The molecule has 1 saturated carbocycles. The summed E-state index contributed by atoms with van der Waals surface area (Å²) in [5.41, 5.74) is 5.17. The highest BCUT2D eigenvalue weighted by Crippen LogP contribution is 2.28. The second-order valence-electron chi connectivity index (χ2n) is 4.47. The van der Waals surface area contributed by atoms with Gasteiger partial charge in [0.1, 0.15) is 5.75 Å². The number of hydrazone groups is 1. The fourth-order valence-electron chi connectivity index (χ4n) is 1.75. The van der Waals surface area contributed by atoms with Gasteiger partial charge in [0.15, 0.2) is 5.17 Å². The molecule has 0 unspecified atom stereocenters. The molecule has 0 bridgehead atoms. The molecule has 19 heavy (non-hydrogen) atoms. The van der Waals surface area contributed by atoms with E-state index in [1.54, 1.807) is 18.9 Å².